The minimum atomic E-state index is -0.208. The Morgan fingerprint density at radius 1 is 1.26 bits per heavy atom. The normalized spacial score (nSPS) is 21.0. The standard InChI is InChI=1S/C20H26N4O3/c1-24-19(25)15-7-3-2-6-14(15)16(23-24)12-21-20(26)22-18(13-9-10-13)17-8-4-5-11-27-17/h2-3,6-7,13,17-18H,4-5,8-12H2,1H3,(H2,21,22,26). The van der Waals surface area contributed by atoms with Crippen molar-refractivity contribution in [2.24, 2.45) is 13.0 Å². The van der Waals surface area contributed by atoms with Gasteiger partial charge >= 0.3 is 6.03 Å². The van der Waals surface area contributed by atoms with E-state index in [0.717, 1.165) is 44.1 Å². The fourth-order valence-electron chi connectivity index (χ4n) is 3.89. The zero-order chi connectivity index (χ0) is 18.8. The quantitative estimate of drug-likeness (QED) is 0.844. The molecule has 144 valence electrons. The molecule has 2 amide bonds. The zero-order valence-corrected chi connectivity index (χ0v) is 15.6. The number of hydrogen-bond acceptors (Lipinski definition) is 4. The highest BCUT2D eigenvalue weighted by molar-refractivity contribution is 5.84. The van der Waals surface area contributed by atoms with Gasteiger partial charge in [-0.25, -0.2) is 9.48 Å². The Labute approximate surface area is 158 Å². The van der Waals surface area contributed by atoms with Gasteiger partial charge in [-0.3, -0.25) is 4.79 Å². The first-order valence-corrected chi connectivity index (χ1v) is 9.74. The summed E-state index contributed by atoms with van der Waals surface area (Å²) in [5, 5.41) is 11.7. The maximum absolute atomic E-state index is 12.5. The van der Waals surface area contributed by atoms with Crippen molar-refractivity contribution in [1.29, 1.82) is 0 Å². The third-order valence-electron chi connectivity index (χ3n) is 5.49. The van der Waals surface area contributed by atoms with E-state index in [1.54, 1.807) is 13.1 Å². The number of carbonyl (C=O) groups is 1. The lowest BCUT2D eigenvalue weighted by molar-refractivity contribution is -0.00978. The van der Waals surface area contributed by atoms with Crippen molar-refractivity contribution >= 4 is 16.8 Å². The van der Waals surface area contributed by atoms with Crippen molar-refractivity contribution in [3.63, 3.8) is 0 Å². The number of carbonyl (C=O) groups excluding carboxylic acids is 1. The molecule has 1 saturated heterocycles. The van der Waals surface area contributed by atoms with Crippen LogP contribution in [0.1, 0.15) is 37.8 Å². The van der Waals surface area contributed by atoms with Crippen LogP contribution in [0.15, 0.2) is 29.1 Å². The highest BCUT2D eigenvalue weighted by Crippen LogP contribution is 2.36. The Morgan fingerprint density at radius 2 is 2.04 bits per heavy atom. The van der Waals surface area contributed by atoms with E-state index < -0.39 is 0 Å². The molecule has 2 heterocycles. The first-order valence-electron chi connectivity index (χ1n) is 9.74. The smallest absolute Gasteiger partial charge is 0.315 e. The van der Waals surface area contributed by atoms with Gasteiger partial charge in [0, 0.05) is 19.0 Å². The number of nitrogens with zero attached hydrogens (tertiary/aromatic N) is 2. The molecule has 1 aliphatic heterocycles. The first kappa shape index (κ1) is 18.0. The molecule has 1 aromatic heterocycles. The number of amides is 2. The molecular weight excluding hydrogens is 344 g/mol. The largest absolute Gasteiger partial charge is 0.376 e. The third kappa shape index (κ3) is 3.98. The number of ether oxygens (including phenoxy) is 1. The van der Waals surface area contributed by atoms with E-state index in [0.29, 0.717) is 17.0 Å². The summed E-state index contributed by atoms with van der Waals surface area (Å²) in [7, 11) is 1.63. The van der Waals surface area contributed by atoms with Crippen LogP contribution in [-0.4, -0.2) is 34.6 Å². The predicted octanol–water partition coefficient (Wildman–Crippen LogP) is 2.08. The lowest BCUT2D eigenvalue weighted by atomic mass is 9.98. The number of benzene rings is 1. The number of urea groups is 1. The van der Waals surface area contributed by atoms with Gasteiger partial charge in [-0.2, -0.15) is 5.10 Å². The van der Waals surface area contributed by atoms with Crippen LogP contribution in [0.5, 0.6) is 0 Å². The predicted molar refractivity (Wildman–Crippen MR) is 102 cm³/mol. The number of nitrogens with one attached hydrogen (secondary N) is 2. The lowest BCUT2D eigenvalue weighted by Gasteiger charge is -2.31. The summed E-state index contributed by atoms with van der Waals surface area (Å²) in [6, 6.07) is 7.22. The maximum atomic E-state index is 12.5. The molecule has 7 heteroatoms. The van der Waals surface area contributed by atoms with Crippen LogP contribution in [0.4, 0.5) is 4.79 Å². The molecule has 0 bridgehead atoms. The Balaban J connectivity index is 1.44. The van der Waals surface area contributed by atoms with Gasteiger partial charge in [0.15, 0.2) is 0 Å². The summed E-state index contributed by atoms with van der Waals surface area (Å²) in [6.45, 7) is 1.05. The monoisotopic (exact) mass is 370 g/mol. The van der Waals surface area contributed by atoms with E-state index in [2.05, 4.69) is 15.7 Å². The molecular formula is C20H26N4O3. The van der Waals surface area contributed by atoms with Crippen LogP contribution in [-0.2, 0) is 18.3 Å². The molecule has 27 heavy (non-hydrogen) atoms. The van der Waals surface area contributed by atoms with Gasteiger partial charge in [0.2, 0.25) is 0 Å². The Hall–Kier alpha value is -2.41. The SMILES string of the molecule is Cn1nc(CNC(=O)NC(C2CC2)C2CCCCO2)c2ccccc2c1=O. The van der Waals surface area contributed by atoms with E-state index >= 15 is 0 Å². The van der Waals surface area contributed by atoms with Crippen molar-refractivity contribution in [2.75, 3.05) is 6.61 Å². The minimum absolute atomic E-state index is 0.0788. The van der Waals surface area contributed by atoms with Crippen molar-refractivity contribution in [2.45, 2.75) is 50.8 Å². The van der Waals surface area contributed by atoms with Crippen LogP contribution < -0.4 is 16.2 Å². The van der Waals surface area contributed by atoms with E-state index in [-0.39, 0.29) is 30.3 Å². The Kier molecular flexibility index (Phi) is 5.11. The highest BCUT2D eigenvalue weighted by Gasteiger charge is 2.38. The van der Waals surface area contributed by atoms with Gasteiger partial charge in [0.05, 0.1) is 29.8 Å². The van der Waals surface area contributed by atoms with Gasteiger partial charge in [-0.05, 0) is 44.1 Å². The van der Waals surface area contributed by atoms with Crippen molar-refractivity contribution in [3.8, 4) is 0 Å². The molecule has 2 aliphatic rings. The molecule has 2 aromatic rings. The molecule has 4 rings (SSSR count). The molecule has 0 spiro atoms. The first-order chi connectivity index (χ1) is 13.1. The molecule has 2 fully saturated rings. The summed E-state index contributed by atoms with van der Waals surface area (Å²) in [5.74, 6) is 0.523. The molecule has 2 N–H and O–H groups in total. The third-order valence-corrected chi connectivity index (χ3v) is 5.49. The second-order valence-electron chi connectivity index (χ2n) is 7.52. The highest BCUT2D eigenvalue weighted by atomic mass is 16.5. The van der Waals surface area contributed by atoms with Crippen LogP contribution in [0.25, 0.3) is 10.8 Å². The van der Waals surface area contributed by atoms with Gasteiger partial charge < -0.3 is 15.4 Å². The second kappa shape index (κ2) is 7.68. The number of aromatic nitrogens is 2. The van der Waals surface area contributed by atoms with Crippen LogP contribution >= 0.6 is 0 Å². The zero-order valence-electron chi connectivity index (χ0n) is 15.6. The average molecular weight is 370 g/mol. The molecule has 1 aromatic carbocycles. The summed E-state index contributed by atoms with van der Waals surface area (Å²) in [5.41, 5.74) is 0.543. The fourth-order valence-corrected chi connectivity index (χ4v) is 3.89. The van der Waals surface area contributed by atoms with E-state index in [4.69, 9.17) is 4.74 Å². The summed E-state index contributed by atoms with van der Waals surface area (Å²) < 4.78 is 7.22. The summed E-state index contributed by atoms with van der Waals surface area (Å²) in [6.07, 6.45) is 5.69. The molecule has 2 unspecified atom stereocenters. The number of rotatable bonds is 5. The van der Waals surface area contributed by atoms with Crippen molar-refractivity contribution in [1.82, 2.24) is 20.4 Å². The van der Waals surface area contributed by atoms with Crippen LogP contribution in [0.2, 0.25) is 0 Å². The molecule has 0 radical (unpaired) electrons. The molecule has 1 saturated carbocycles. The van der Waals surface area contributed by atoms with Crippen LogP contribution in [0, 0.1) is 5.92 Å². The van der Waals surface area contributed by atoms with Gasteiger partial charge in [-0.1, -0.05) is 18.2 Å². The topological polar surface area (TPSA) is 85.2 Å². The van der Waals surface area contributed by atoms with E-state index in [1.165, 1.54) is 4.68 Å². The summed E-state index contributed by atoms with van der Waals surface area (Å²) >= 11 is 0. The van der Waals surface area contributed by atoms with Crippen molar-refractivity contribution in [3.05, 3.63) is 40.3 Å². The lowest BCUT2D eigenvalue weighted by Crippen LogP contribution is -2.50. The molecule has 1 aliphatic carbocycles. The number of aryl methyl sites for hydroxylation is 1. The van der Waals surface area contributed by atoms with Gasteiger partial charge in [0.1, 0.15) is 0 Å². The van der Waals surface area contributed by atoms with Crippen molar-refractivity contribution < 1.29 is 9.53 Å². The fraction of sp³-hybridized carbons (Fsp3) is 0.550. The molecule has 7 nitrogen and oxygen atoms in total. The second-order valence-corrected chi connectivity index (χ2v) is 7.52. The van der Waals surface area contributed by atoms with E-state index in [9.17, 15) is 9.59 Å². The van der Waals surface area contributed by atoms with Crippen LogP contribution in [0.3, 0.4) is 0 Å². The molecule has 2 atom stereocenters. The minimum Gasteiger partial charge on any atom is -0.376 e. The van der Waals surface area contributed by atoms with Gasteiger partial charge in [0.25, 0.3) is 5.56 Å². The Morgan fingerprint density at radius 3 is 2.74 bits per heavy atom. The van der Waals surface area contributed by atoms with Gasteiger partial charge in [-0.15, -0.1) is 0 Å². The maximum Gasteiger partial charge on any atom is 0.315 e. The summed E-state index contributed by atoms with van der Waals surface area (Å²) in [4.78, 5) is 24.7. The Bertz CT molecular complexity index is 884. The average Bonchev–Trinajstić information content (AvgIpc) is 3.53. The number of hydrogen-bond donors (Lipinski definition) is 2. The number of fused-ring (bicyclic) bond motifs is 1. The van der Waals surface area contributed by atoms with E-state index in [1.807, 2.05) is 18.2 Å².